The van der Waals surface area contributed by atoms with Crippen LogP contribution in [0.25, 0.3) is 0 Å². The van der Waals surface area contributed by atoms with E-state index in [1.54, 1.807) is 7.05 Å². The zero-order chi connectivity index (χ0) is 13.6. The molecule has 0 amide bonds. The molecule has 0 unspecified atom stereocenters. The molecule has 0 aromatic rings. The lowest BCUT2D eigenvalue weighted by Gasteiger charge is -2.29. The molecule has 1 saturated heterocycles. The van der Waals surface area contributed by atoms with E-state index in [1.807, 2.05) is 13.8 Å². The summed E-state index contributed by atoms with van der Waals surface area (Å²) in [6, 6.07) is 0.644. The highest BCUT2D eigenvalue weighted by atomic mass is 35.5. The van der Waals surface area contributed by atoms with Gasteiger partial charge in [-0.15, -0.1) is 0 Å². The van der Waals surface area contributed by atoms with Crippen LogP contribution < -0.4 is 10.6 Å². The molecule has 2 atom stereocenters. The molecule has 106 valence electrons. The van der Waals surface area contributed by atoms with Crippen LogP contribution >= 0.6 is 11.6 Å². The molecule has 1 heterocycles. The van der Waals surface area contributed by atoms with Crippen LogP contribution in [0.3, 0.4) is 0 Å². The minimum absolute atomic E-state index is 0.258. The van der Waals surface area contributed by atoms with Crippen molar-refractivity contribution in [3.8, 4) is 0 Å². The first-order valence-electron chi connectivity index (χ1n) is 6.27. The van der Waals surface area contributed by atoms with Crippen LogP contribution in [0.15, 0.2) is 4.99 Å². The molecule has 18 heavy (non-hydrogen) atoms. The van der Waals surface area contributed by atoms with Gasteiger partial charge in [0.2, 0.25) is 0 Å². The average Bonchev–Trinajstić information content (AvgIpc) is 2.28. The van der Waals surface area contributed by atoms with Gasteiger partial charge in [0.15, 0.2) is 5.29 Å². The van der Waals surface area contributed by atoms with Gasteiger partial charge in [-0.25, -0.2) is 4.99 Å². The van der Waals surface area contributed by atoms with Crippen LogP contribution in [-0.4, -0.2) is 56.4 Å². The number of hydrogen-bond donors (Lipinski definition) is 2. The van der Waals surface area contributed by atoms with Gasteiger partial charge < -0.3 is 20.1 Å². The molecular formula is C12H24ClN3O2. The van der Waals surface area contributed by atoms with Gasteiger partial charge in [0, 0.05) is 13.1 Å². The zero-order valence-corrected chi connectivity index (χ0v) is 12.4. The summed E-state index contributed by atoms with van der Waals surface area (Å²) < 4.78 is 11.2. The van der Waals surface area contributed by atoms with Crippen molar-refractivity contribution in [2.75, 3.05) is 33.5 Å². The number of ether oxygens (including phenoxy) is 2. The average molecular weight is 278 g/mol. The maximum absolute atomic E-state index is 5.85. The Hall–Kier alpha value is -0.360. The number of halogens is 1. The molecule has 0 spiro atoms. The lowest BCUT2D eigenvalue weighted by molar-refractivity contribution is 0.00361. The van der Waals surface area contributed by atoms with Crippen LogP contribution in [-0.2, 0) is 9.47 Å². The van der Waals surface area contributed by atoms with Gasteiger partial charge in [0.25, 0.3) is 0 Å². The van der Waals surface area contributed by atoms with Crippen LogP contribution in [0.4, 0.5) is 0 Å². The molecule has 0 bridgehead atoms. The largest absolute Gasteiger partial charge is 0.378 e. The molecule has 1 aliphatic rings. The van der Waals surface area contributed by atoms with Gasteiger partial charge in [-0.2, -0.15) is 0 Å². The third kappa shape index (κ3) is 6.00. The molecular weight excluding hydrogens is 254 g/mol. The first-order valence-corrected chi connectivity index (χ1v) is 6.65. The van der Waals surface area contributed by atoms with E-state index in [2.05, 4.69) is 22.5 Å². The predicted molar refractivity (Wildman–Crippen MR) is 74.5 cm³/mol. The Bertz CT molecular complexity index is 284. The summed E-state index contributed by atoms with van der Waals surface area (Å²) in [5.41, 5.74) is -0.332. The van der Waals surface area contributed by atoms with E-state index >= 15 is 0 Å². The number of morpholine rings is 1. The van der Waals surface area contributed by atoms with Gasteiger partial charge >= 0.3 is 0 Å². The van der Waals surface area contributed by atoms with E-state index in [4.69, 9.17) is 21.1 Å². The van der Waals surface area contributed by atoms with Gasteiger partial charge in [-0.3, -0.25) is 0 Å². The normalized spacial score (nSPS) is 26.2. The SMILES string of the molecule is CN/C(Cl)=N\C(C)(C)COC[C@H]1COC[C@H](C)N1. The number of rotatable bonds is 5. The van der Waals surface area contributed by atoms with Crippen molar-refractivity contribution >= 4 is 16.9 Å². The van der Waals surface area contributed by atoms with Crippen molar-refractivity contribution < 1.29 is 9.47 Å². The zero-order valence-electron chi connectivity index (χ0n) is 11.6. The highest BCUT2D eigenvalue weighted by Gasteiger charge is 2.21. The Morgan fingerprint density at radius 1 is 1.56 bits per heavy atom. The summed E-state index contributed by atoms with van der Waals surface area (Å²) in [5, 5.41) is 6.62. The summed E-state index contributed by atoms with van der Waals surface area (Å²) in [6.45, 7) is 8.70. The van der Waals surface area contributed by atoms with Crippen LogP contribution in [0.5, 0.6) is 0 Å². The first kappa shape index (κ1) is 15.7. The second kappa shape index (κ2) is 7.28. The molecule has 0 aliphatic carbocycles. The highest BCUT2D eigenvalue weighted by molar-refractivity contribution is 6.64. The van der Waals surface area contributed by atoms with E-state index in [0.29, 0.717) is 31.2 Å². The molecule has 0 saturated carbocycles. The van der Waals surface area contributed by atoms with E-state index in [9.17, 15) is 0 Å². The molecule has 0 aromatic heterocycles. The third-order valence-electron chi connectivity index (χ3n) is 2.59. The number of hydrogen-bond acceptors (Lipinski definition) is 4. The van der Waals surface area contributed by atoms with E-state index in [0.717, 1.165) is 6.61 Å². The van der Waals surface area contributed by atoms with E-state index < -0.39 is 0 Å². The van der Waals surface area contributed by atoms with Crippen LogP contribution in [0.1, 0.15) is 20.8 Å². The van der Waals surface area contributed by atoms with Crippen LogP contribution in [0.2, 0.25) is 0 Å². The summed E-state index contributed by atoms with van der Waals surface area (Å²) in [4.78, 5) is 4.32. The van der Waals surface area contributed by atoms with Crippen molar-refractivity contribution in [3.05, 3.63) is 0 Å². The van der Waals surface area contributed by atoms with Crippen molar-refractivity contribution in [2.24, 2.45) is 4.99 Å². The minimum Gasteiger partial charge on any atom is -0.378 e. The fourth-order valence-electron chi connectivity index (χ4n) is 1.79. The molecule has 1 fully saturated rings. The van der Waals surface area contributed by atoms with E-state index in [1.165, 1.54) is 0 Å². The molecule has 5 nitrogen and oxygen atoms in total. The third-order valence-corrected chi connectivity index (χ3v) is 2.86. The summed E-state index contributed by atoms with van der Waals surface area (Å²) >= 11 is 5.85. The second-order valence-corrected chi connectivity index (χ2v) is 5.64. The molecule has 6 heteroatoms. The fraction of sp³-hybridized carbons (Fsp3) is 0.917. The topological polar surface area (TPSA) is 54.9 Å². The molecule has 0 radical (unpaired) electrons. The van der Waals surface area contributed by atoms with Gasteiger partial charge in [0.1, 0.15) is 0 Å². The van der Waals surface area contributed by atoms with Crippen molar-refractivity contribution in [2.45, 2.75) is 38.4 Å². The van der Waals surface area contributed by atoms with Crippen molar-refractivity contribution in [1.82, 2.24) is 10.6 Å². The van der Waals surface area contributed by atoms with Gasteiger partial charge in [-0.1, -0.05) is 0 Å². The Morgan fingerprint density at radius 2 is 2.28 bits per heavy atom. The fourth-order valence-corrected chi connectivity index (χ4v) is 2.02. The van der Waals surface area contributed by atoms with Crippen molar-refractivity contribution in [3.63, 3.8) is 0 Å². The summed E-state index contributed by atoms with van der Waals surface area (Å²) in [6.07, 6.45) is 0. The maximum Gasteiger partial charge on any atom is 0.191 e. The Labute approximate surface area is 114 Å². The lowest BCUT2D eigenvalue weighted by atomic mass is 10.1. The summed E-state index contributed by atoms with van der Waals surface area (Å²) in [7, 11) is 1.74. The predicted octanol–water partition coefficient (Wildman–Crippen LogP) is 0.973. The van der Waals surface area contributed by atoms with Crippen molar-refractivity contribution in [1.29, 1.82) is 0 Å². The van der Waals surface area contributed by atoms with Gasteiger partial charge in [-0.05, 0) is 32.4 Å². The second-order valence-electron chi connectivity index (χ2n) is 5.28. The lowest BCUT2D eigenvalue weighted by Crippen LogP contribution is -2.49. The molecule has 1 aliphatic heterocycles. The number of nitrogens with one attached hydrogen (secondary N) is 2. The quantitative estimate of drug-likeness (QED) is 0.447. The Kier molecular flexibility index (Phi) is 6.35. The minimum atomic E-state index is -0.332. The van der Waals surface area contributed by atoms with E-state index in [-0.39, 0.29) is 11.6 Å². The number of aliphatic imine (C=N–C) groups is 1. The molecule has 0 aromatic carbocycles. The number of amidine groups is 1. The highest BCUT2D eigenvalue weighted by Crippen LogP contribution is 2.11. The molecule has 2 N–H and O–H groups in total. The molecule has 1 rings (SSSR count). The first-order chi connectivity index (χ1) is 8.43. The monoisotopic (exact) mass is 277 g/mol. The van der Waals surface area contributed by atoms with Gasteiger partial charge in [0.05, 0.1) is 38.0 Å². The summed E-state index contributed by atoms with van der Waals surface area (Å²) in [5.74, 6) is 0. The standard InChI is InChI=1S/C12H24ClN3O2/c1-9-5-17-6-10(15-9)7-18-8-12(2,3)16-11(13)14-4/h9-10,15H,5-8H2,1-4H3,(H,14,16)/t9-,10+/m0/s1. The Balaban J connectivity index is 2.28. The number of nitrogens with zero attached hydrogens (tertiary/aromatic N) is 1. The maximum atomic E-state index is 5.85. The Morgan fingerprint density at radius 3 is 2.89 bits per heavy atom. The smallest absolute Gasteiger partial charge is 0.191 e. The van der Waals surface area contributed by atoms with Crippen LogP contribution in [0, 0.1) is 0 Å².